The first-order valence-electron chi connectivity index (χ1n) is 6.87. The van der Waals surface area contributed by atoms with Crippen LogP contribution in [0.1, 0.15) is 25.3 Å². The Hall–Kier alpha value is -1.55. The van der Waals surface area contributed by atoms with Crippen molar-refractivity contribution in [2.24, 2.45) is 0 Å². The van der Waals surface area contributed by atoms with E-state index in [4.69, 9.17) is 4.74 Å². The summed E-state index contributed by atoms with van der Waals surface area (Å²) < 4.78 is 5.62. The van der Waals surface area contributed by atoms with Gasteiger partial charge in [-0.3, -0.25) is 4.79 Å². The third-order valence-electron chi connectivity index (χ3n) is 3.52. The number of rotatable bonds is 4. The largest absolute Gasteiger partial charge is 0.483 e. The van der Waals surface area contributed by atoms with E-state index >= 15 is 0 Å². The van der Waals surface area contributed by atoms with Gasteiger partial charge in [-0.15, -0.1) is 0 Å². The van der Waals surface area contributed by atoms with E-state index in [2.05, 4.69) is 6.92 Å². The van der Waals surface area contributed by atoms with Gasteiger partial charge < -0.3 is 14.7 Å². The zero-order valence-electron chi connectivity index (χ0n) is 11.3. The molecule has 2 rings (SSSR count). The van der Waals surface area contributed by atoms with Gasteiger partial charge in [0.15, 0.2) is 6.61 Å². The maximum Gasteiger partial charge on any atom is 0.260 e. The number of carbonyl (C=O) groups excluding carboxylic acids is 1. The summed E-state index contributed by atoms with van der Waals surface area (Å²) in [6.45, 7) is 3.39. The number of carbonyl (C=O) groups is 1. The Morgan fingerprint density at radius 2 is 2.05 bits per heavy atom. The molecule has 0 atom stereocenters. The molecule has 1 fully saturated rings. The van der Waals surface area contributed by atoms with Crippen LogP contribution in [0.2, 0.25) is 0 Å². The van der Waals surface area contributed by atoms with E-state index in [-0.39, 0.29) is 18.6 Å². The fourth-order valence-corrected chi connectivity index (χ4v) is 2.28. The first kappa shape index (κ1) is 13.9. The van der Waals surface area contributed by atoms with Crippen LogP contribution in [-0.4, -0.2) is 41.7 Å². The quantitative estimate of drug-likeness (QED) is 0.898. The minimum atomic E-state index is -0.259. The van der Waals surface area contributed by atoms with Crippen LogP contribution in [0.4, 0.5) is 0 Å². The van der Waals surface area contributed by atoms with Crippen LogP contribution in [0, 0.1) is 0 Å². The molecule has 0 unspecified atom stereocenters. The average Bonchev–Trinajstić information content (AvgIpc) is 2.45. The van der Waals surface area contributed by atoms with Crippen molar-refractivity contribution in [3.8, 4) is 5.75 Å². The number of amides is 1. The summed E-state index contributed by atoms with van der Waals surface area (Å²) in [6, 6.07) is 7.79. The van der Waals surface area contributed by atoms with Crippen molar-refractivity contribution in [2.45, 2.75) is 32.3 Å². The molecule has 1 amide bonds. The van der Waals surface area contributed by atoms with Crippen molar-refractivity contribution in [3.05, 3.63) is 29.8 Å². The number of hydrogen-bond donors (Lipinski definition) is 1. The van der Waals surface area contributed by atoms with E-state index in [0.717, 1.165) is 17.7 Å². The van der Waals surface area contributed by atoms with E-state index in [1.807, 2.05) is 24.3 Å². The zero-order chi connectivity index (χ0) is 13.7. The number of ether oxygens (including phenoxy) is 1. The third kappa shape index (κ3) is 3.70. The Morgan fingerprint density at radius 1 is 1.37 bits per heavy atom. The van der Waals surface area contributed by atoms with Gasteiger partial charge in [0.2, 0.25) is 0 Å². The van der Waals surface area contributed by atoms with E-state index < -0.39 is 0 Å². The van der Waals surface area contributed by atoms with Crippen molar-refractivity contribution >= 4 is 5.91 Å². The van der Waals surface area contributed by atoms with Gasteiger partial charge >= 0.3 is 0 Å². The molecule has 104 valence electrons. The summed E-state index contributed by atoms with van der Waals surface area (Å²) in [6.07, 6.45) is 1.96. The molecule has 0 bridgehead atoms. The molecule has 1 aliphatic heterocycles. The molecule has 1 aromatic rings. The third-order valence-corrected chi connectivity index (χ3v) is 3.52. The van der Waals surface area contributed by atoms with Crippen molar-refractivity contribution < 1.29 is 14.6 Å². The molecule has 1 N–H and O–H groups in total. The number of aryl methyl sites for hydroxylation is 1. The lowest BCUT2D eigenvalue weighted by molar-refractivity contribution is -0.135. The predicted octanol–water partition coefficient (Wildman–Crippen LogP) is 1.61. The fourth-order valence-electron chi connectivity index (χ4n) is 2.28. The second-order valence-electron chi connectivity index (χ2n) is 4.86. The van der Waals surface area contributed by atoms with Crippen molar-refractivity contribution in [3.63, 3.8) is 0 Å². The van der Waals surface area contributed by atoms with Gasteiger partial charge in [-0.2, -0.15) is 0 Å². The van der Waals surface area contributed by atoms with E-state index in [0.29, 0.717) is 25.9 Å². The summed E-state index contributed by atoms with van der Waals surface area (Å²) in [5.74, 6) is 0.785. The highest BCUT2D eigenvalue weighted by Crippen LogP contribution is 2.18. The summed E-state index contributed by atoms with van der Waals surface area (Å²) >= 11 is 0. The number of piperidine rings is 1. The lowest BCUT2D eigenvalue weighted by atomic mass is 10.1. The Kier molecular flexibility index (Phi) is 4.80. The molecule has 1 saturated heterocycles. The van der Waals surface area contributed by atoms with Gasteiger partial charge in [0.25, 0.3) is 5.91 Å². The molecule has 0 aliphatic carbocycles. The van der Waals surface area contributed by atoms with E-state index in [1.54, 1.807) is 4.90 Å². The zero-order valence-corrected chi connectivity index (χ0v) is 11.3. The Balaban J connectivity index is 1.86. The molecular formula is C15H21NO3. The van der Waals surface area contributed by atoms with Gasteiger partial charge in [-0.05, 0) is 30.9 Å². The Bertz CT molecular complexity index is 425. The first-order valence-corrected chi connectivity index (χ1v) is 6.87. The van der Waals surface area contributed by atoms with Crippen molar-refractivity contribution in [1.29, 1.82) is 0 Å². The molecule has 1 aliphatic rings. The number of benzene rings is 1. The van der Waals surface area contributed by atoms with E-state index in [9.17, 15) is 9.90 Å². The van der Waals surface area contributed by atoms with Gasteiger partial charge in [0.1, 0.15) is 5.75 Å². The second-order valence-corrected chi connectivity index (χ2v) is 4.86. The number of para-hydroxylation sites is 1. The highest BCUT2D eigenvalue weighted by Gasteiger charge is 2.21. The molecule has 1 aromatic carbocycles. The summed E-state index contributed by atoms with van der Waals surface area (Å²) in [5.41, 5.74) is 1.12. The SMILES string of the molecule is CCc1ccccc1OCC(=O)N1CCC(O)CC1. The van der Waals surface area contributed by atoms with Crippen LogP contribution in [0.5, 0.6) is 5.75 Å². The Labute approximate surface area is 114 Å². The monoisotopic (exact) mass is 263 g/mol. The minimum Gasteiger partial charge on any atom is -0.483 e. The van der Waals surface area contributed by atoms with Gasteiger partial charge in [0, 0.05) is 13.1 Å². The van der Waals surface area contributed by atoms with E-state index in [1.165, 1.54) is 0 Å². The van der Waals surface area contributed by atoms with Gasteiger partial charge in [-0.1, -0.05) is 25.1 Å². The molecular weight excluding hydrogens is 242 g/mol. The van der Waals surface area contributed by atoms with Crippen LogP contribution < -0.4 is 4.74 Å². The van der Waals surface area contributed by atoms with Crippen LogP contribution in [0.15, 0.2) is 24.3 Å². The number of hydrogen-bond acceptors (Lipinski definition) is 3. The first-order chi connectivity index (χ1) is 9.20. The fraction of sp³-hybridized carbons (Fsp3) is 0.533. The lowest BCUT2D eigenvalue weighted by Crippen LogP contribution is -2.42. The van der Waals surface area contributed by atoms with Crippen molar-refractivity contribution in [1.82, 2.24) is 4.90 Å². The van der Waals surface area contributed by atoms with Crippen molar-refractivity contribution in [2.75, 3.05) is 19.7 Å². The average molecular weight is 263 g/mol. The molecule has 0 spiro atoms. The second kappa shape index (κ2) is 6.57. The number of likely N-dealkylation sites (tertiary alicyclic amines) is 1. The molecule has 0 aromatic heterocycles. The topological polar surface area (TPSA) is 49.8 Å². The summed E-state index contributed by atoms with van der Waals surface area (Å²) in [5, 5.41) is 9.42. The molecule has 0 radical (unpaired) electrons. The molecule has 4 heteroatoms. The van der Waals surface area contributed by atoms with Crippen LogP contribution in [0.3, 0.4) is 0 Å². The Morgan fingerprint density at radius 3 is 2.74 bits per heavy atom. The predicted molar refractivity (Wildman–Crippen MR) is 73.1 cm³/mol. The summed E-state index contributed by atoms with van der Waals surface area (Å²) in [4.78, 5) is 13.8. The number of nitrogens with zero attached hydrogens (tertiary/aromatic N) is 1. The highest BCUT2D eigenvalue weighted by molar-refractivity contribution is 5.77. The van der Waals surface area contributed by atoms with Crippen LogP contribution in [0.25, 0.3) is 0 Å². The number of aliphatic hydroxyl groups is 1. The standard InChI is InChI=1S/C15H21NO3/c1-2-12-5-3-4-6-14(12)19-11-15(18)16-9-7-13(17)8-10-16/h3-6,13,17H,2,7-11H2,1H3. The van der Waals surface area contributed by atoms with Gasteiger partial charge in [-0.25, -0.2) is 0 Å². The maximum absolute atomic E-state index is 12.0. The van der Waals surface area contributed by atoms with Crippen LogP contribution in [-0.2, 0) is 11.2 Å². The molecule has 1 heterocycles. The highest BCUT2D eigenvalue weighted by atomic mass is 16.5. The molecule has 0 saturated carbocycles. The lowest BCUT2D eigenvalue weighted by Gasteiger charge is -2.29. The number of aliphatic hydroxyl groups excluding tert-OH is 1. The minimum absolute atomic E-state index is 0.00203. The smallest absolute Gasteiger partial charge is 0.260 e. The van der Waals surface area contributed by atoms with Gasteiger partial charge in [0.05, 0.1) is 6.10 Å². The molecule has 4 nitrogen and oxygen atoms in total. The maximum atomic E-state index is 12.0. The molecule has 19 heavy (non-hydrogen) atoms. The normalized spacial score (nSPS) is 16.4. The summed E-state index contributed by atoms with van der Waals surface area (Å²) in [7, 11) is 0. The van der Waals surface area contributed by atoms with Crippen LogP contribution >= 0.6 is 0 Å².